The summed E-state index contributed by atoms with van der Waals surface area (Å²) in [7, 11) is 0. The van der Waals surface area contributed by atoms with Crippen molar-refractivity contribution in [3.63, 3.8) is 0 Å². The summed E-state index contributed by atoms with van der Waals surface area (Å²) in [6, 6.07) is 15.7. The molecule has 0 atom stereocenters. The summed E-state index contributed by atoms with van der Waals surface area (Å²) in [4.78, 5) is 5.96. The second kappa shape index (κ2) is 7.01. The van der Waals surface area contributed by atoms with Crippen LogP contribution in [-0.2, 0) is 0 Å². The molecule has 3 aromatic rings. The number of fused-ring (bicyclic) bond motifs is 1. The number of H-pyrrole nitrogens is 1. The molecule has 2 aliphatic rings. The van der Waals surface area contributed by atoms with E-state index in [4.69, 9.17) is 4.74 Å². The van der Waals surface area contributed by atoms with Crippen molar-refractivity contribution in [1.82, 2.24) is 9.88 Å². The molecule has 0 amide bonds. The molecular formula is C23H25FN2O. The van der Waals surface area contributed by atoms with Gasteiger partial charge in [-0.1, -0.05) is 24.3 Å². The Morgan fingerprint density at radius 1 is 0.963 bits per heavy atom. The van der Waals surface area contributed by atoms with E-state index < -0.39 is 0 Å². The van der Waals surface area contributed by atoms with Crippen molar-refractivity contribution in [1.29, 1.82) is 0 Å². The first-order chi connectivity index (χ1) is 13.3. The number of rotatable bonds is 4. The molecular weight excluding hydrogens is 339 g/mol. The average Bonchev–Trinajstić information content (AvgIpc) is 3.09. The number of benzene rings is 2. The number of aromatic amines is 1. The maximum Gasteiger partial charge on any atom is 0.126 e. The fourth-order valence-corrected chi connectivity index (χ4v) is 4.76. The van der Waals surface area contributed by atoms with Crippen LogP contribution in [0.4, 0.5) is 4.39 Å². The molecule has 0 spiro atoms. The van der Waals surface area contributed by atoms with Gasteiger partial charge < -0.3 is 9.72 Å². The molecule has 0 bridgehead atoms. The van der Waals surface area contributed by atoms with Crippen LogP contribution >= 0.6 is 0 Å². The van der Waals surface area contributed by atoms with Crippen LogP contribution < -0.4 is 4.74 Å². The molecule has 0 unspecified atom stereocenters. The Morgan fingerprint density at radius 3 is 2.59 bits per heavy atom. The maximum absolute atomic E-state index is 13.3. The lowest BCUT2D eigenvalue weighted by Gasteiger charge is -2.46. The zero-order valence-electron chi connectivity index (χ0n) is 15.4. The molecule has 27 heavy (non-hydrogen) atoms. The van der Waals surface area contributed by atoms with Gasteiger partial charge >= 0.3 is 0 Å². The first-order valence-electron chi connectivity index (χ1n) is 9.98. The Balaban J connectivity index is 1.14. The Hall–Kier alpha value is -2.33. The van der Waals surface area contributed by atoms with Gasteiger partial charge in [-0.05, 0) is 55.4 Å². The summed E-state index contributed by atoms with van der Waals surface area (Å²) in [6.45, 7) is 1.91. The van der Waals surface area contributed by atoms with Gasteiger partial charge in [-0.15, -0.1) is 0 Å². The number of hydrogen-bond acceptors (Lipinski definition) is 2. The van der Waals surface area contributed by atoms with Crippen LogP contribution in [-0.4, -0.2) is 35.1 Å². The number of nitrogens with one attached hydrogen (secondary N) is 1. The largest absolute Gasteiger partial charge is 0.488 e. The standard InChI is InChI=1S/C23H25FN2O/c24-17-4-3-5-19(12-17)27-20-14-26(15-20)18-10-8-16(9-11-18)22-13-25-23-7-2-1-6-21(22)23/h1-7,12-13,16,18,20,25H,8-11,14-15H2/t16-,18+. The number of hydrogen-bond donors (Lipinski definition) is 1. The Morgan fingerprint density at radius 2 is 1.78 bits per heavy atom. The van der Waals surface area contributed by atoms with E-state index >= 15 is 0 Å². The molecule has 2 fully saturated rings. The highest BCUT2D eigenvalue weighted by Gasteiger charge is 2.36. The minimum absolute atomic E-state index is 0.193. The van der Waals surface area contributed by atoms with Crippen molar-refractivity contribution in [2.24, 2.45) is 0 Å². The van der Waals surface area contributed by atoms with Crippen LogP contribution in [0.3, 0.4) is 0 Å². The van der Waals surface area contributed by atoms with Gasteiger partial charge in [-0.3, -0.25) is 4.90 Å². The molecule has 4 heteroatoms. The van der Waals surface area contributed by atoms with Gasteiger partial charge in [0.25, 0.3) is 0 Å². The molecule has 2 aromatic carbocycles. The van der Waals surface area contributed by atoms with E-state index in [2.05, 4.69) is 40.3 Å². The predicted molar refractivity (Wildman–Crippen MR) is 106 cm³/mol. The number of ether oxygens (including phenoxy) is 1. The topological polar surface area (TPSA) is 28.3 Å². The minimum atomic E-state index is -0.237. The van der Waals surface area contributed by atoms with E-state index in [9.17, 15) is 4.39 Å². The van der Waals surface area contributed by atoms with Gasteiger partial charge in [0.15, 0.2) is 0 Å². The second-order valence-electron chi connectivity index (χ2n) is 7.95. The van der Waals surface area contributed by atoms with Crippen LogP contribution in [0.2, 0.25) is 0 Å². The highest BCUT2D eigenvalue weighted by atomic mass is 19.1. The summed E-state index contributed by atoms with van der Waals surface area (Å²) < 4.78 is 19.2. The Labute approximate surface area is 159 Å². The van der Waals surface area contributed by atoms with Crippen molar-refractivity contribution < 1.29 is 9.13 Å². The molecule has 5 rings (SSSR count). The summed E-state index contributed by atoms with van der Waals surface area (Å²) in [5.74, 6) is 1.07. The first-order valence-corrected chi connectivity index (χ1v) is 9.98. The molecule has 1 aliphatic carbocycles. The third-order valence-corrected chi connectivity index (χ3v) is 6.25. The number of nitrogens with zero attached hydrogens (tertiary/aromatic N) is 1. The average molecular weight is 364 g/mol. The maximum atomic E-state index is 13.3. The van der Waals surface area contributed by atoms with Crippen LogP contribution in [0.5, 0.6) is 5.75 Å². The van der Waals surface area contributed by atoms with Crippen LogP contribution in [0.1, 0.15) is 37.2 Å². The SMILES string of the molecule is Fc1cccc(OC2CN([C@H]3CC[C@@H](c4c[nH]c5ccccc54)CC3)C2)c1. The smallest absolute Gasteiger partial charge is 0.126 e. The summed E-state index contributed by atoms with van der Waals surface area (Å²) in [6.07, 6.45) is 7.39. The molecule has 3 nitrogen and oxygen atoms in total. The van der Waals surface area contributed by atoms with Gasteiger partial charge in [0, 0.05) is 42.3 Å². The van der Waals surface area contributed by atoms with Gasteiger partial charge in [0.1, 0.15) is 17.7 Å². The van der Waals surface area contributed by atoms with Crippen molar-refractivity contribution in [3.05, 3.63) is 66.1 Å². The van der Waals surface area contributed by atoms with Gasteiger partial charge in [-0.25, -0.2) is 4.39 Å². The number of halogens is 1. The van der Waals surface area contributed by atoms with Crippen LogP contribution in [0.15, 0.2) is 54.7 Å². The molecule has 1 N–H and O–H groups in total. The molecule has 2 heterocycles. The zero-order chi connectivity index (χ0) is 18.2. The van der Waals surface area contributed by atoms with Gasteiger partial charge in [0.05, 0.1) is 0 Å². The zero-order valence-corrected chi connectivity index (χ0v) is 15.4. The lowest BCUT2D eigenvalue weighted by atomic mass is 9.80. The number of para-hydroxylation sites is 1. The van der Waals surface area contributed by atoms with E-state index in [-0.39, 0.29) is 11.9 Å². The lowest BCUT2D eigenvalue weighted by molar-refractivity contribution is -0.0202. The molecule has 0 radical (unpaired) electrons. The number of aromatic nitrogens is 1. The molecule has 1 saturated heterocycles. The fraction of sp³-hybridized carbons (Fsp3) is 0.391. The highest BCUT2D eigenvalue weighted by molar-refractivity contribution is 5.83. The van der Waals surface area contributed by atoms with Gasteiger partial charge in [0.2, 0.25) is 0 Å². The third-order valence-electron chi connectivity index (χ3n) is 6.25. The van der Waals surface area contributed by atoms with Crippen molar-refractivity contribution in [3.8, 4) is 5.75 Å². The van der Waals surface area contributed by atoms with Crippen molar-refractivity contribution in [2.45, 2.75) is 43.7 Å². The first kappa shape index (κ1) is 16.8. The molecule has 1 aromatic heterocycles. The molecule has 1 saturated carbocycles. The van der Waals surface area contributed by atoms with E-state index in [1.54, 1.807) is 6.07 Å². The summed E-state index contributed by atoms with van der Waals surface area (Å²) >= 11 is 0. The Bertz CT molecular complexity index is 923. The van der Waals surface area contributed by atoms with E-state index in [1.807, 2.05) is 6.07 Å². The fourth-order valence-electron chi connectivity index (χ4n) is 4.76. The highest BCUT2D eigenvalue weighted by Crippen LogP contribution is 2.39. The minimum Gasteiger partial charge on any atom is -0.488 e. The lowest BCUT2D eigenvalue weighted by Crippen LogP contribution is -2.58. The normalized spacial score (nSPS) is 24.0. The summed E-state index contributed by atoms with van der Waals surface area (Å²) in [5.41, 5.74) is 2.73. The van der Waals surface area contributed by atoms with Crippen LogP contribution in [0.25, 0.3) is 10.9 Å². The predicted octanol–water partition coefficient (Wildman–Crippen LogP) is 5.10. The quantitative estimate of drug-likeness (QED) is 0.698. The van der Waals surface area contributed by atoms with E-state index in [1.165, 1.54) is 54.3 Å². The van der Waals surface area contributed by atoms with Crippen molar-refractivity contribution in [2.75, 3.05) is 13.1 Å². The van der Waals surface area contributed by atoms with Crippen LogP contribution in [0, 0.1) is 5.82 Å². The summed E-state index contributed by atoms with van der Waals surface area (Å²) in [5, 5.41) is 1.38. The van der Waals surface area contributed by atoms with E-state index in [0.717, 1.165) is 13.1 Å². The monoisotopic (exact) mass is 364 g/mol. The Kier molecular flexibility index (Phi) is 4.36. The number of likely N-dealkylation sites (tertiary alicyclic amines) is 1. The van der Waals surface area contributed by atoms with Crippen molar-refractivity contribution >= 4 is 10.9 Å². The van der Waals surface area contributed by atoms with E-state index in [0.29, 0.717) is 17.7 Å². The van der Waals surface area contributed by atoms with Gasteiger partial charge in [-0.2, -0.15) is 0 Å². The molecule has 1 aliphatic heterocycles. The molecule has 140 valence electrons. The third kappa shape index (κ3) is 3.34. The second-order valence-corrected chi connectivity index (χ2v) is 7.95.